The number of carbonyl (C=O) groups is 1. The van der Waals surface area contributed by atoms with E-state index in [1.807, 2.05) is 11.8 Å². The first-order valence-electron chi connectivity index (χ1n) is 7.86. The minimum atomic E-state index is -2.44. The highest BCUT2D eigenvalue weighted by molar-refractivity contribution is 5.97. The number of hydrogen-bond donors (Lipinski definition) is 1. The molecule has 0 radical (unpaired) electrons. The smallest absolute Gasteiger partial charge is 0.256 e. The van der Waals surface area contributed by atoms with Crippen LogP contribution in [0.3, 0.4) is 0 Å². The number of hydrogen-bond acceptors (Lipinski definition) is 4. The topological polar surface area (TPSA) is 63.1 Å². The van der Waals surface area contributed by atoms with Gasteiger partial charge in [0.25, 0.3) is 6.43 Å². The number of anilines is 2. The number of amides is 1. The van der Waals surface area contributed by atoms with Crippen molar-refractivity contribution in [2.75, 3.05) is 16.8 Å². The molecule has 1 aliphatic heterocycles. The SMILES string of the molecule is CCC1CN(Cc2nccn2CC(F)F)c2cnccc2NC1=O. The number of nitrogens with one attached hydrogen (secondary N) is 1. The van der Waals surface area contributed by atoms with Crippen LogP contribution in [0.1, 0.15) is 19.2 Å². The fourth-order valence-corrected chi connectivity index (χ4v) is 2.87. The summed E-state index contributed by atoms with van der Waals surface area (Å²) in [6.07, 6.45) is 4.59. The Kier molecular flexibility index (Phi) is 4.73. The number of fused-ring (bicyclic) bond motifs is 1. The highest BCUT2D eigenvalue weighted by Gasteiger charge is 2.27. The third kappa shape index (κ3) is 3.37. The van der Waals surface area contributed by atoms with Gasteiger partial charge in [-0.2, -0.15) is 0 Å². The van der Waals surface area contributed by atoms with Crippen LogP contribution in [-0.2, 0) is 17.9 Å². The molecule has 0 aromatic carbocycles. The molecule has 8 heteroatoms. The molecule has 6 nitrogen and oxygen atoms in total. The maximum absolute atomic E-state index is 12.7. The monoisotopic (exact) mass is 335 g/mol. The van der Waals surface area contributed by atoms with Gasteiger partial charge in [0.05, 0.1) is 36.6 Å². The molecule has 2 aromatic rings. The quantitative estimate of drug-likeness (QED) is 0.912. The molecule has 0 aliphatic carbocycles. The molecule has 0 bridgehead atoms. The molecule has 128 valence electrons. The molecule has 1 unspecified atom stereocenters. The van der Waals surface area contributed by atoms with E-state index in [-0.39, 0.29) is 11.8 Å². The minimum Gasteiger partial charge on any atom is -0.360 e. The van der Waals surface area contributed by atoms with E-state index in [1.54, 1.807) is 24.7 Å². The summed E-state index contributed by atoms with van der Waals surface area (Å²) < 4.78 is 26.8. The van der Waals surface area contributed by atoms with Gasteiger partial charge in [0.1, 0.15) is 5.82 Å². The lowest BCUT2D eigenvalue weighted by Crippen LogP contribution is -2.32. The molecule has 24 heavy (non-hydrogen) atoms. The van der Waals surface area contributed by atoms with Crippen LogP contribution in [0.5, 0.6) is 0 Å². The van der Waals surface area contributed by atoms with Gasteiger partial charge in [-0.05, 0) is 12.5 Å². The summed E-state index contributed by atoms with van der Waals surface area (Å²) in [7, 11) is 0. The van der Waals surface area contributed by atoms with Crippen LogP contribution >= 0.6 is 0 Å². The van der Waals surface area contributed by atoms with Crippen LogP contribution in [0.25, 0.3) is 0 Å². The second kappa shape index (κ2) is 6.94. The Morgan fingerprint density at radius 3 is 3.00 bits per heavy atom. The van der Waals surface area contributed by atoms with E-state index in [2.05, 4.69) is 15.3 Å². The number of halogens is 2. The third-order valence-electron chi connectivity index (χ3n) is 4.17. The maximum Gasteiger partial charge on any atom is 0.256 e. The summed E-state index contributed by atoms with van der Waals surface area (Å²) in [5.41, 5.74) is 1.45. The fourth-order valence-electron chi connectivity index (χ4n) is 2.87. The van der Waals surface area contributed by atoms with Gasteiger partial charge in [0.2, 0.25) is 5.91 Å². The van der Waals surface area contributed by atoms with Gasteiger partial charge in [-0.15, -0.1) is 0 Å². The molecule has 0 saturated carbocycles. The molecule has 0 spiro atoms. The number of imidazole rings is 1. The molecule has 1 amide bonds. The number of rotatable bonds is 5. The molecule has 0 saturated heterocycles. The van der Waals surface area contributed by atoms with Crippen molar-refractivity contribution in [3.8, 4) is 0 Å². The third-order valence-corrected chi connectivity index (χ3v) is 4.17. The van der Waals surface area contributed by atoms with Crippen molar-refractivity contribution < 1.29 is 13.6 Å². The van der Waals surface area contributed by atoms with Gasteiger partial charge in [-0.3, -0.25) is 9.78 Å². The number of pyridine rings is 1. The van der Waals surface area contributed by atoms with Gasteiger partial charge in [-0.1, -0.05) is 6.92 Å². The summed E-state index contributed by atoms with van der Waals surface area (Å²) in [5.74, 6) is 0.314. The summed E-state index contributed by atoms with van der Waals surface area (Å²) in [4.78, 5) is 22.6. The van der Waals surface area contributed by atoms with Crippen LogP contribution in [0.2, 0.25) is 0 Å². The molecule has 0 fully saturated rings. The predicted molar refractivity (Wildman–Crippen MR) is 85.9 cm³/mol. The van der Waals surface area contributed by atoms with E-state index in [0.717, 1.165) is 5.69 Å². The van der Waals surface area contributed by atoms with E-state index in [0.29, 0.717) is 31.0 Å². The minimum absolute atomic E-state index is 0.0385. The Morgan fingerprint density at radius 2 is 2.25 bits per heavy atom. The zero-order valence-corrected chi connectivity index (χ0v) is 13.3. The Balaban J connectivity index is 1.91. The average Bonchev–Trinajstić information content (AvgIpc) is 2.91. The molecule has 3 heterocycles. The zero-order chi connectivity index (χ0) is 17.1. The van der Waals surface area contributed by atoms with Crippen LogP contribution in [0.15, 0.2) is 30.9 Å². The lowest BCUT2D eigenvalue weighted by molar-refractivity contribution is -0.119. The lowest BCUT2D eigenvalue weighted by atomic mass is 10.1. The predicted octanol–water partition coefficient (Wildman–Crippen LogP) is 2.53. The van der Waals surface area contributed by atoms with Crippen LogP contribution < -0.4 is 10.2 Å². The van der Waals surface area contributed by atoms with Gasteiger partial charge in [-0.25, -0.2) is 13.8 Å². The van der Waals surface area contributed by atoms with Crippen molar-refractivity contribution in [1.82, 2.24) is 14.5 Å². The van der Waals surface area contributed by atoms with E-state index >= 15 is 0 Å². The molecule has 1 N–H and O–H groups in total. The molecule has 1 aliphatic rings. The summed E-state index contributed by atoms with van der Waals surface area (Å²) >= 11 is 0. The standard InChI is InChI=1S/C16H19F2N5O/c1-2-11-8-23(10-15-20-5-6-22(15)9-14(17)18)13-7-19-4-3-12(13)21-16(11)24/h3-7,11,14H,2,8-10H2,1H3,(H,21,24). The lowest BCUT2D eigenvalue weighted by Gasteiger charge is -2.25. The molecule has 3 rings (SSSR count). The summed E-state index contributed by atoms with van der Waals surface area (Å²) in [6, 6.07) is 1.74. The second-order valence-corrected chi connectivity index (χ2v) is 5.75. The first kappa shape index (κ1) is 16.4. The molecular formula is C16H19F2N5O. The van der Waals surface area contributed by atoms with Gasteiger partial charge in [0.15, 0.2) is 0 Å². The Hall–Kier alpha value is -2.51. The first-order chi connectivity index (χ1) is 11.6. The van der Waals surface area contributed by atoms with Crippen molar-refractivity contribution in [3.63, 3.8) is 0 Å². The van der Waals surface area contributed by atoms with Crippen molar-refractivity contribution in [3.05, 3.63) is 36.7 Å². The molecule has 1 atom stereocenters. The van der Waals surface area contributed by atoms with Gasteiger partial charge < -0.3 is 14.8 Å². The van der Waals surface area contributed by atoms with Crippen molar-refractivity contribution in [2.24, 2.45) is 5.92 Å². The number of nitrogens with zero attached hydrogens (tertiary/aromatic N) is 4. The first-order valence-corrected chi connectivity index (χ1v) is 7.86. The summed E-state index contributed by atoms with van der Waals surface area (Å²) in [5, 5.41) is 2.91. The molecular weight excluding hydrogens is 316 g/mol. The highest BCUT2D eigenvalue weighted by atomic mass is 19.3. The maximum atomic E-state index is 12.7. The van der Waals surface area contributed by atoms with E-state index in [1.165, 1.54) is 10.8 Å². The van der Waals surface area contributed by atoms with Gasteiger partial charge in [0, 0.05) is 25.1 Å². The second-order valence-electron chi connectivity index (χ2n) is 5.75. The number of aromatic nitrogens is 3. The Bertz CT molecular complexity index is 718. The van der Waals surface area contributed by atoms with Crippen LogP contribution in [0, 0.1) is 5.92 Å². The fraction of sp³-hybridized carbons (Fsp3) is 0.438. The highest BCUT2D eigenvalue weighted by Crippen LogP contribution is 2.30. The summed E-state index contributed by atoms with van der Waals surface area (Å²) in [6.45, 7) is 2.39. The van der Waals surface area contributed by atoms with Crippen LogP contribution in [-0.4, -0.2) is 33.4 Å². The van der Waals surface area contributed by atoms with Gasteiger partial charge >= 0.3 is 0 Å². The van der Waals surface area contributed by atoms with Crippen molar-refractivity contribution in [2.45, 2.75) is 32.9 Å². The average molecular weight is 335 g/mol. The largest absolute Gasteiger partial charge is 0.360 e. The Morgan fingerprint density at radius 1 is 1.42 bits per heavy atom. The van der Waals surface area contributed by atoms with Crippen molar-refractivity contribution >= 4 is 17.3 Å². The number of alkyl halides is 2. The van der Waals surface area contributed by atoms with E-state index in [9.17, 15) is 13.6 Å². The number of carbonyl (C=O) groups excluding carboxylic acids is 1. The molecule has 2 aromatic heterocycles. The van der Waals surface area contributed by atoms with Crippen molar-refractivity contribution in [1.29, 1.82) is 0 Å². The zero-order valence-electron chi connectivity index (χ0n) is 13.3. The van der Waals surface area contributed by atoms with E-state index in [4.69, 9.17) is 0 Å². The van der Waals surface area contributed by atoms with Crippen LogP contribution in [0.4, 0.5) is 20.2 Å². The normalized spacial score (nSPS) is 17.6. The Labute approximate surface area is 138 Å². The van der Waals surface area contributed by atoms with E-state index < -0.39 is 13.0 Å².